The van der Waals surface area contributed by atoms with E-state index in [2.05, 4.69) is 4.98 Å². The molecule has 1 aromatic rings. The third kappa shape index (κ3) is 2.76. The van der Waals surface area contributed by atoms with Crippen LogP contribution in [0, 0.1) is 18.3 Å². The van der Waals surface area contributed by atoms with Gasteiger partial charge in [0.05, 0.1) is 22.5 Å². The molecule has 0 atom stereocenters. The molecule has 0 fully saturated rings. The molecule has 5 heteroatoms. The van der Waals surface area contributed by atoms with Crippen molar-refractivity contribution in [2.75, 3.05) is 0 Å². The quantitative estimate of drug-likeness (QED) is 0.697. The van der Waals surface area contributed by atoms with Crippen molar-refractivity contribution >= 4 is 0 Å². The van der Waals surface area contributed by atoms with Gasteiger partial charge in [-0.05, 0) is 13.0 Å². The Hall–Kier alpha value is -1.57. The molecule has 0 bridgehead atoms. The largest absolute Gasteiger partial charge is 0.418 e. The average Bonchev–Trinajstić information content (AvgIpc) is 2.14. The molecule has 0 spiro atoms. The van der Waals surface area contributed by atoms with Gasteiger partial charge >= 0.3 is 6.18 Å². The first-order valence-electron chi connectivity index (χ1n) is 5.07. The number of rotatable bonds is 0. The van der Waals surface area contributed by atoms with E-state index in [-0.39, 0.29) is 11.3 Å². The van der Waals surface area contributed by atoms with E-state index in [1.165, 1.54) is 6.92 Å². The summed E-state index contributed by atoms with van der Waals surface area (Å²) in [5, 5.41) is 8.74. The number of nitriles is 1. The zero-order valence-corrected chi connectivity index (χ0v) is 10.1. The normalized spacial score (nSPS) is 12.4. The minimum atomic E-state index is -4.49. The van der Waals surface area contributed by atoms with Crippen molar-refractivity contribution < 1.29 is 13.2 Å². The fourth-order valence-electron chi connectivity index (χ4n) is 1.51. The number of alkyl halides is 3. The maximum absolute atomic E-state index is 12.9. The van der Waals surface area contributed by atoms with Gasteiger partial charge in [0.2, 0.25) is 0 Å². The van der Waals surface area contributed by atoms with Gasteiger partial charge in [0.1, 0.15) is 6.07 Å². The standard InChI is InChI=1S/C12H13F3N2/c1-7-8(6-16)5-9(12(13,14)15)10(17-7)11(2,3)4/h5H,1-4H3. The van der Waals surface area contributed by atoms with Crippen molar-refractivity contribution in [2.45, 2.75) is 39.3 Å². The predicted octanol–water partition coefficient (Wildman–Crippen LogP) is 3.58. The van der Waals surface area contributed by atoms with Crippen molar-refractivity contribution in [2.24, 2.45) is 0 Å². The van der Waals surface area contributed by atoms with Gasteiger partial charge in [-0.2, -0.15) is 18.4 Å². The number of aromatic nitrogens is 1. The van der Waals surface area contributed by atoms with Crippen LogP contribution in [0.3, 0.4) is 0 Å². The molecule has 0 unspecified atom stereocenters. The molecule has 0 N–H and O–H groups in total. The summed E-state index contributed by atoms with van der Waals surface area (Å²) in [7, 11) is 0. The Labute approximate surface area is 98.1 Å². The fraction of sp³-hybridized carbons (Fsp3) is 0.500. The second-order valence-electron chi connectivity index (χ2n) is 4.88. The third-order valence-corrected chi connectivity index (χ3v) is 2.35. The third-order valence-electron chi connectivity index (χ3n) is 2.35. The molecule has 92 valence electrons. The van der Waals surface area contributed by atoms with Crippen LogP contribution in [0.4, 0.5) is 13.2 Å². The summed E-state index contributed by atoms with van der Waals surface area (Å²) in [6.45, 7) is 6.52. The number of hydrogen-bond acceptors (Lipinski definition) is 2. The van der Waals surface area contributed by atoms with Gasteiger partial charge in [-0.15, -0.1) is 0 Å². The molecule has 0 saturated carbocycles. The second-order valence-corrected chi connectivity index (χ2v) is 4.88. The van der Waals surface area contributed by atoms with Crippen LogP contribution in [-0.2, 0) is 11.6 Å². The van der Waals surface area contributed by atoms with Gasteiger partial charge < -0.3 is 0 Å². The lowest BCUT2D eigenvalue weighted by Crippen LogP contribution is -2.22. The molecule has 2 nitrogen and oxygen atoms in total. The Kier molecular flexibility index (Phi) is 3.19. The Morgan fingerprint density at radius 2 is 1.76 bits per heavy atom. The summed E-state index contributed by atoms with van der Waals surface area (Å²) in [5.41, 5.74) is -1.28. The van der Waals surface area contributed by atoms with Crippen molar-refractivity contribution in [3.8, 4) is 6.07 Å². The van der Waals surface area contributed by atoms with Gasteiger partial charge in [-0.25, -0.2) is 0 Å². The fourth-order valence-corrected chi connectivity index (χ4v) is 1.51. The van der Waals surface area contributed by atoms with E-state index in [1.807, 2.05) is 0 Å². The van der Waals surface area contributed by atoms with E-state index in [9.17, 15) is 13.2 Å². The van der Waals surface area contributed by atoms with Crippen LogP contribution in [0.1, 0.15) is 43.3 Å². The minimum Gasteiger partial charge on any atom is -0.256 e. The van der Waals surface area contributed by atoms with E-state index in [1.54, 1.807) is 26.8 Å². The molecular weight excluding hydrogens is 229 g/mol. The molecule has 0 aliphatic carbocycles. The molecular formula is C12H13F3N2. The number of halogens is 3. The summed E-state index contributed by atoms with van der Waals surface area (Å²) in [6.07, 6.45) is -4.49. The zero-order valence-electron chi connectivity index (χ0n) is 10.1. The van der Waals surface area contributed by atoms with Crippen LogP contribution in [0.5, 0.6) is 0 Å². The highest BCUT2D eigenvalue weighted by Crippen LogP contribution is 2.37. The predicted molar refractivity (Wildman–Crippen MR) is 57.4 cm³/mol. The Balaban J connectivity index is 3.61. The molecule has 0 amide bonds. The van der Waals surface area contributed by atoms with Crippen LogP contribution >= 0.6 is 0 Å². The molecule has 0 radical (unpaired) electrons. The topological polar surface area (TPSA) is 36.7 Å². The molecule has 0 aliphatic rings. The van der Waals surface area contributed by atoms with Crippen molar-refractivity contribution in [3.63, 3.8) is 0 Å². The van der Waals surface area contributed by atoms with Crippen LogP contribution in [0.15, 0.2) is 6.07 Å². The molecule has 17 heavy (non-hydrogen) atoms. The molecule has 0 saturated heterocycles. The van der Waals surface area contributed by atoms with Crippen molar-refractivity contribution in [1.82, 2.24) is 4.98 Å². The lowest BCUT2D eigenvalue weighted by Gasteiger charge is -2.23. The molecule has 0 aliphatic heterocycles. The minimum absolute atomic E-state index is 0.0264. The van der Waals surface area contributed by atoms with Gasteiger partial charge in [0.25, 0.3) is 0 Å². The summed E-state index contributed by atoms with van der Waals surface area (Å²) in [5.74, 6) is 0. The van der Waals surface area contributed by atoms with Crippen molar-refractivity contribution in [1.29, 1.82) is 5.26 Å². The Morgan fingerprint density at radius 1 is 1.24 bits per heavy atom. The summed E-state index contributed by atoms with van der Waals surface area (Å²) in [6, 6.07) is 2.60. The molecule has 1 heterocycles. The number of hydrogen-bond donors (Lipinski definition) is 0. The second kappa shape index (κ2) is 4.02. The number of aryl methyl sites for hydroxylation is 1. The van der Waals surface area contributed by atoms with Crippen molar-refractivity contribution in [3.05, 3.63) is 28.6 Å². The van der Waals surface area contributed by atoms with E-state index in [4.69, 9.17) is 5.26 Å². The first kappa shape index (κ1) is 13.5. The van der Waals surface area contributed by atoms with Crippen LogP contribution in [0.25, 0.3) is 0 Å². The van der Waals surface area contributed by atoms with Gasteiger partial charge in [0, 0.05) is 5.41 Å². The lowest BCUT2D eigenvalue weighted by molar-refractivity contribution is -0.139. The summed E-state index contributed by atoms with van der Waals surface area (Å²) < 4.78 is 38.6. The highest BCUT2D eigenvalue weighted by atomic mass is 19.4. The van der Waals surface area contributed by atoms with E-state index in [0.717, 1.165) is 6.07 Å². The van der Waals surface area contributed by atoms with E-state index >= 15 is 0 Å². The average molecular weight is 242 g/mol. The van der Waals surface area contributed by atoms with Crippen LogP contribution in [-0.4, -0.2) is 4.98 Å². The lowest BCUT2D eigenvalue weighted by atomic mass is 9.87. The molecule has 1 rings (SSSR count). The first-order valence-corrected chi connectivity index (χ1v) is 5.07. The van der Waals surface area contributed by atoms with E-state index < -0.39 is 17.2 Å². The van der Waals surface area contributed by atoms with Gasteiger partial charge in [-0.3, -0.25) is 4.98 Å². The smallest absolute Gasteiger partial charge is 0.256 e. The van der Waals surface area contributed by atoms with Gasteiger partial charge in [0.15, 0.2) is 0 Å². The maximum Gasteiger partial charge on any atom is 0.418 e. The zero-order chi connectivity index (χ0) is 13.4. The first-order chi connectivity index (χ1) is 7.57. The van der Waals surface area contributed by atoms with Crippen LogP contribution < -0.4 is 0 Å². The molecule has 0 aromatic carbocycles. The monoisotopic (exact) mass is 242 g/mol. The number of pyridine rings is 1. The SMILES string of the molecule is Cc1nc(C(C)(C)C)c(C(F)(F)F)cc1C#N. The van der Waals surface area contributed by atoms with Gasteiger partial charge in [-0.1, -0.05) is 20.8 Å². The Morgan fingerprint density at radius 3 is 2.12 bits per heavy atom. The summed E-state index contributed by atoms with van der Waals surface area (Å²) in [4.78, 5) is 3.94. The number of nitrogens with zero attached hydrogens (tertiary/aromatic N) is 2. The highest BCUT2D eigenvalue weighted by molar-refractivity contribution is 5.41. The molecule has 1 aromatic heterocycles. The van der Waals surface area contributed by atoms with E-state index in [0.29, 0.717) is 5.69 Å². The van der Waals surface area contributed by atoms with Crippen LogP contribution in [0.2, 0.25) is 0 Å². The maximum atomic E-state index is 12.9. The Bertz CT molecular complexity index is 476. The summed E-state index contributed by atoms with van der Waals surface area (Å²) >= 11 is 0. The highest BCUT2D eigenvalue weighted by Gasteiger charge is 2.38.